The van der Waals surface area contributed by atoms with Gasteiger partial charge in [0.2, 0.25) is 0 Å². The number of methoxy groups -OCH3 is 1. The van der Waals surface area contributed by atoms with Crippen LogP contribution in [0.4, 0.5) is 5.82 Å². The summed E-state index contributed by atoms with van der Waals surface area (Å²) >= 11 is 4.96. The smallest absolute Gasteiger partial charge is 0.157 e. The van der Waals surface area contributed by atoms with Crippen LogP contribution in [0.15, 0.2) is 12.4 Å². The molecule has 1 saturated heterocycles. The Labute approximate surface area is 99.6 Å². The molecule has 5 nitrogen and oxygen atoms in total. The van der Waals surface area contributed by atoms with Gasteiger partial charge in [-0.05, 0) is 6.42 Å². The highest BCUT2D eigenvalue weighted by atomic mass is 32.1. The highest BCUT2D eigenvalue weighted by Crippen LogP contribution is 2.21. The summed E-state index contributed by atoms with van der Waals surface area (Å²) in [5.41, 5.74) is 6.21. The zero-order valence-corrected chi connectivity index (χ0v) is 9.91. The number of anilines is 1. The van der Waals surface area contributed by atoms with Gasteiger partial charge in [0.05, 0.1) is 6.10 Å². The SMILES string of the molecule is COC1CCN(c2nccnc2C(N)=S)C1. The number of nitrogens with zero attached hydrogens (tertiary/aromatic N) is 3. The molecular formula is C10H14N4OS. The first-order valence-electron chi connectivity index (χ1n) is 5.11. The molecule has 1 atom stereocenters. The van der Waals surface area contributed by atoms with Crippen LogP contribution in [0.25, 0.3) is 0 Å². The van der Waals surface area contributed by atoms with Crippen LogP contribution in [0.3, 0.4) is 0 Å². The van der Waals surface area contributed by atoms with Gasteiger partial charge < -0.3 is 15.4 Å². The molecule has 2 N–H and O–H groups in total. The summed E-state index contributed by atoms with van der Waals surface area (Å²) in [7, 11) is 1.72. The first kappa shape index (κ1) is 11.2. The monoisotopic (exact) mass is 238 g/mol. The van der Waals surface area contributed by atoms with Crippen LogP contribution in [-0.2, 0) is 4.74 Å². The Kier molecular flexibility index (Phi) is 3.31. The lowest BCUT2D eigenvalue weighted by Crippen LogP contribution is -2.27. The van der Waals surface area contributed by atoms with E-state index in [0.29, 0.717) is 5.69 Å². The van der Waals surface area contributed by atoms with E-state index in [-0.39, 0.29) is 11.1 Å². The minimum atomic E-state index is 0.251. The van der Waals surface area contributed by atoms with E-state index in [9.17, 15) is 0 Å². The largest absolute Gasteiger partial charge is 0.388 e. The van der Waals surface area contributed by atoms with Crippen molar-refractivity contribution in [3.63, 3.8) is 0 Å². The van der Waals surface area contributed by atoms with Crippen LogP contribution in [-0.4, -0.2) is 41.3 Å². The lowest BCUT2D eigenvalue weighted by Gasteiger charge is -2.18. The van der Waals surface area contributed by atoms with Crippen molar-refractivity contribution in [3.8, 4) is 0 Å². The van der Waals surface area contributed by atoms with Crippen LogP contribution in [0.5, 0.6) is 0 Å². The van der Waals surface area contributed by atoms with Gasteiger partial charge >= 0.3 is 0 Å². The van der Waals surface area contributed by atoms with E-state index >= 15 is 0 Å². The molecule has 2 rings (SSSR count). The van der Waals surface area contributed by atoms with Gasteiger partial charge in [-0.1, -0.05) is 12.2 Å². The van der Waals surface area contributed by atoms with E-state index in [1.54, 1.807) is 19.5 Å². The maximum atomic E-state index is 5.62. The van der Waals surface area contributed by atoms with E-state index < -0.39 is 0 Å². The predicted octanol–water partition coefficient (Wildman–Crippen LogP) is 0.336. The number of aromatic nitrogens is 2. The second kappa shape index (κ2) is 4.71. The third kappa shape index (κ3) is 2.12. The van der Waals surface area contributed by atoms with Gasteiger partial charge in [-0.15, -0.1) is 0 Å². The van der Waals surface area contributed by atoms with Gasteiger partial charge in [0, 0.05) is 32.6 Å². The maximum absolute atomic E-state index is 5.62. The molecule has 16 heavy (non-hydrogen) atoms. The summed E-state index contributed by atoms with van der Waals surface area (Å²) in [6, 6.07) is 0. The summed E-state index contributed by atoms with van der Waals surface area (Å²) < 4.78 is 5.31. The molecule has 1 aliphatic rings. The summed E-state index contributed by atoms with van der Waals surface area (Å²) in [4.78, 5) is 10.8. The minimum Gasteiger partial charge on any atom is -0.388 e. The fourth-order valence-corrected chi connectivity index (χ4v) is 1.99. The third-order valence-electron chi connectivity index (χ3n) is 2.69. The maximum Gasteiger partial charge on any atom is 0.157 e. The van der Waals surface area contributed by atoms with Crippen molar-refractivity contribution < 1.29 is 4.74 Å². The lowest BCUT2D eigenvalue weighted by atomic mass is 10.3. The molecule has 1 aromatic heterocycles. The molecule has 0 aromatic carbocycles. The number of hydrogen-bond donors (Lipinski definition) is 1. The third-order valence-corrected chi connectivity index (χ3v) is 2.88. The lowest BCUT2D eigenvalue weighted by molar-refractivity contribution is 0.121. The number of ether oxygens (including phenoxy) is 1. The Morgan fingerprint density at radius 1 is 1.56 bits per heavy atom. The molecule has 0 amide bonds. The van der Waals surface area contributed by atoms with Crippen LogP contribution in [0.1, 0.15) is 12.1 Å². The van der Waals surface area contributed by atoms with Gasteiger partial charge in [0.15, 0.2) is 5.82 Å². The van der Waals surface area contributed by atoms with Crippen LogP contribution in [0.2, 0.25) is 0 Å². The number of nitrogens with two attached hydrogens (primary N) is 1. The number of thiocarbonyl (C=S) groups is 1. The second-order valence-corrected chi connectivity index (χ2v) is 4.13. The first-order chi connectivity index (χ1) is 7.72. The normalized spacial score (nSPS) is 20.1. The Bertz CT molecular complexity index is 398. The molecular weight excluding hydrogens is 224 g/mol. The van der Waals surface area contributed by atoms with Gasteiger partial charge in [-0.3, -0.25) is 0 Å². The van der Waals surface area contributed by atoms with Crippen molar-refractivity contribution in [3.05, 3.63) is 18.1 Å². The number of hydrogen-bond acceptors (Lipinski definition) is 5. The zero-order valence-electron chi connectivity index (χ0n) is 9.09. The van der Waals surface area contributed by atoms with Crippen molar-refractivity contribution in [2.45, 2.75) is 12.5 Å². The Morgan fingerprint density at radius 3 is 2.94 bits per heavy atom. The predicted molar refractivity (Wildman–Crippen MR) is 65.5 cm³/mol. The summed E-state index contributed by atoms with van der Waals surface area (Å²) in [6.07, 6.45) is 4.49. The average Bonchev–Trinajstić information content (AvgIpc) is 2.77. The van der Waals surface area contributed by atoms with Crippen molar-refractivity contribution >= 4 is 23.0 Å². The molecule has 0 radical (unpaired) electrons. The van der Waals surface area contributed by atoms with Gasteiger partial charge in [-0.2, -0.15) is 0 Å². The van der Waals surface area contributed by atoms with Gasteiger partial charge in [0.25, 0.3) is 0 Å². The van der Waals surface area contributed by atoms with Crippen molar-refractivity contribution in [2.24, 2.45) is 5.73 Å². The van der Waals surface area contributed by atoms with Crippen LogP contribution < -0.4 is 10.6 Å². The molecule has 1 fully saturated rings. The average molecular weight is 238 g/mol. The molecule has 0 aliphatic carbocycles. The fourth-order valence-electron chi connectivity index (χ4n) is 1.85. The Hall–Kier alpha value is -1.27. The summed E-state index contributed by atoms with van der Waals surface area (Å²) in [5, 5.41) is 0. The Morgan fingerprint density at radius 2 is 2.31 bits per heavy atom. The molecule has 2 heterocycles. The van der Waals surface area contributed by atoms with Gasteiger partial charge in [-0.25, -0.2) is 9.97 Å². The molecule has 86 valence electrons. The zero-order chi connectivity index (χ0) is 11.5. The van der Waals surface area contributed by atoms with E-state index in [0.717, 1.165) is 25.3 Å². The minimum absolute atomic E-state index is 0.251. The molecule has 1 aromatic rings. The van der Waals surface area contributed by atoms with Crippen molar-refractivity contribution in [1.29, 1.82) is 0 Å². The second-order valence-electron chi connectivity index (χ2n) is 3.69. The highest BCUT2D eigenvalue weighted by molar-refractivity contribution is 7.80. The van der Waals surface area contributed by atoms with Gasteiger partial charge in [0.1, 0.15) is 10.7 Å². The molecule has 0 spiro atoms. The molecule has 0 bridgehead atoms. The van der Waals surface area contributed by atoms with E-state index in [1.165, 1.54) is 0 Å². The standard InChI is InChI=1S/C10H14N4OS/c1-15-7-2-5-14(6-7)10-8(9(11)16)12-3-4-13-10/h3-4,7H,2,5-6H2,1H3,(H2,11,16). The first-order valence-corrected chi connectivity index (χ1v) is 5.51. The summed E-state index contributed by atoms with van der Waals surface area (Å²) in [5.74, 6) is 0.759. The molecule has 6 heteroatoms. The fraction of sp³-hybridized carbons (Fsp3) is 0.500. The van der Waals surface area contributed by atoms with Crippen molar-refractivity contribution in [2.75, 3.05) is 25.1 Å². The molecule has 1 unspecified atom stereocenters. The quantitative estimate of drug-likeness (QED) is 0.766. The Balaban J connectivity index is 2.24. The van der Waals surface area contributed by atoms with Crippen molar-refractivity contribution in [1.82, 2.24) is 9.97 Å². The van der Waals surface area contributed by atoms with E-state index in [1.807, 2.05) is 0 Å². The highest BCUT2D eigenvalue weighted by Gasteiger charge is 2.25. The van der Waals surface area contributed by atoms with E-state index in [4.69, 9.17) is 22.7 Å². The topological polar surface area (TPSA) is 64.3 Å². The summed E-state index contributed by atoms with van der Waals surface area (Å²) in [6.45, 7) is 1.71. The van der Waals surface area contributed by atoms with Crippen LogP contribution >= 0.6 is 12.2 Å². The van der Waals surface area contributed by atoms with Crippen LogP contribution in [0, 0.1) is 0 Å². The molecule has 0 saturated carbocycles. The molecule has 1 aliphatic heterocycles. The number of rotatable bonds is 3. The van der Waals surface area contributed by atoms with E-state index in [2.05, 4.69) is 14.9 Å².